The van der Waals surface area contributed by atoms with Gasteiger partial charge in [0.1, 0.15) is 12.4 Å². The second-order valence-corrected chi connectivity index (χ2v) is 6.45. The van der Waals surface area contributed by atoms with Crippen molar-refractivity contribution in [3.63, 3.8) is 0 Å². The Morgan fingerprint density at radius 2 is 1.65 bits per heavy atom. The van der Waals surface area contributed by atoms with Crippen molar-refractivity contribution in [2.24, 2.45) is 0 Å². The molecule has 0 aromatic heterocycles. The zero-order valence-electron chi connectivity index (χ0n) is 17.9. The molecule has 2 amide bonds. The van der Waals surface area contributed by atoms with Gasteiger partial charge < -0.3 is 24.8 Å². The van der Waals surface area contributed by atoms with Crippen molar-refractivity contribution in [1.82, 2.24) is 10.6 Å². The molecule has 0 saturated heterocycles. The quantitative estimate of drug-likeness (QED) is 0.512. The van der Waals surface area contributed by atoms with Crippen LogP contribution in [0.2, 0.25) is 0 Å². The molecule has 31 heavy (non-hydrogen) atoms. The van der Waals surface area contributed by atoms with Crippen LogP contribution >= 0.6 is 0 Å². The number of hydrogen-bond donors (Lipinski definition) is 2. The Morgan fingerprint density at radius 3 is 2.32 bits per heavy atom. The van der Waals surface area contributed by atoms with Gasteiger partial charge in [-0.05, 0) is 56.2 Å². The average molecular weight is 424 g/mol. The maximum absolute atomic E-state index is 12.4. The molecule has 0 aliphatic carbocycles. The summed E-state index contributed by atoms with van der Waals surface area (Å²) >= 11 is 0. The summed E-state index contributed by atoms with van der Waals surface area (Å²) in [5.41, 5.74) is 1.45. The fourth-order valence-electron chi connectivity index (χ4n) is 2.74. The van der Waals surface area contributed by atoms with E-state index in [1.807, 2.05) is 38.1 Å². The van der Waals surface area contributed by atoms with Gasteiger partial charge in [0.05, 0.1) is 19.8 Å². The molecule has 0 aliphatic heterocycles. The van der Waals surface area contributed by atoms with Crippen molar-refractivity contribution in [3.8, 4) is 29.6 Å². The van der Waals surface area contributed by atoms with Crippen molar-refractivity contribution in [1.29, 1.82) is 0 Å². The van der Waals surface area contributed by atoms with Crippen molar-refractivity contribution in [2.45, 2.75) is 20.3 Å². The van der Waals surface area contributed by atoms with Gasteiger partial charge in [-0.1, -0.05) is 18.1 Å². The minimum absolute atomic E-state index is 0.116. The van der Waals surface area contributed by atoms with Crippen LogP contribution in [-0.4, -0.2) is 44.7 Å². The van der Waals surface area contributed by atoms with E-state index in [0.717, 1.165) is 5.56 Å². The van der Waals surface area contributed by atoms with Crippen LogP contribution in [0, 0.1) is 12.3 Å². The number of rotatable bonds is 12. The van der Waals surface area contributed by atoms with Crippen molar-refractivity contribution < 1.29 is 23.8 Å². The first-order valence-electron chi connectivity index (χ1n) is 10.2. The molecule has 0 heterocycles. The van der Waals surface area contributed by atoms with Crippen LogP contribution in [-0.2, 0) is 11.2 Å². The van der Waals surface area contributed by atoms with Gasteiger partial charge in [0.15, 0.2) is 11.5 Å². The monoisotopic (exact) mass is 424 g/mol. The molecule has 2 rings (SSSR count). The van der Waals surface area contributed by atoms with Gasteiger partial charge in [-0.3, -0.25) is 9.59 Å². The van der Waals surface area contributed by atoms with E-state index in [4.69, 9.17) is 20.6 Å². The molecule has 2 aromatic carbocycles. The molecule has 2 aromatic rings. The number of carbonyl (C=O) groups is 2. The lowest BCUT2D eigenvalue weighted by atomic mass is 10.1. The summed E-state index contributed by atoms with van der Waals surface area (Å²) in [7, 11) is 0. The third kappa shape index (κ3) is 7.94. The first kappa shape index (κ1) is 23.6. The number of nitrogens with one attached hydrogen (secondary N) is 2. The molecule has 7 heteroatoms. The summed E-state index contributed by atoms with van der Waals surface area (Å²) in [6.45, 7) is 5.24. The molecule has 2 N–H and O–H groups in total. The maximum Gasteiger partial charge on any atom is 0.251 e. The van der Waals surface area contributed by atoms with E-state index in [1.54, 1.807) is 18.2 Å². The molecule has 0 aliphatic rings. The average Bonchev–Trinajstić information content (AvgIpc) is 2.78. The number of ether oxygens (including phenoxy) is 3. The number of terminal acetylenes is 1. The summed E-state index contributed by atoms with van der Waals surface area (Å²) in [4.78, 5) is 24.4. The summed E-state index contributed by atoms with van der Waals surface area (Å²) < 4.78 is 16.3. The Hall–Kier alpha value is -3.66. The predicted octanol–water partition coefficient (Wildman–Crippen LogP) is 2.58. The normalized spacial score (nSPS) is 9.97. The largest absolute Gasteiger partial charge is 0.490 e. The van der Waals surface area contributed by atoms with E-state index in [9.17, 15) is 9.59 Å². The van der Waals surface area contributed by atoms with Gasteiger partial charge in [0.25, 0.3) is 5.91 Å². The SMILES string of the molecule is C#CCOc1ccc(CCNC(=O)CNC(=O)c2ccc(OCC)c(OCC)c2)cc1. The van der Waals surface area contributed by atoms with Crippen LogP contribution in [0.15, 0.2) is 42.5 Å². The van der Waals surface area contributed by atoms with E-state index < -0.39 is 0 Å². The summed E-state index contributed by atoms with van der Waals surface area (Å²) in [5, 5.41) is 5.40. The Labute approximate surface area is 183 Å². The Kier molecular flexibility index (Phi) is 9.76. The molecule has 0 unspecified atom stereocenters. The second kappa shape index (κ2) is 12.8. The van der Waals surface area contributed by atoms with Crippen LogP contribution < -0.4 is 24.8 Å². The molecule has 0 saturated carbocycles. The molecular formula is C24H28N2O5. The van der Waals surface area contributed by atoms with E-state index in [1.165, 1.54) is 0 Å². The number of hydrogen-bond acceptors (Lipinski definition) is 5. The summed E-state index contributed by atoms with van der Waals surface area (Å²) in [5.74, 6) is 3.57. The van der Waals surface area contributed by atoms with Gasteiger partial charge in [-0.15, -0.1) is 6.42 Å². The van der Waals surface area contributed by atoms with Crippen LogP contribution in [0.5, 0.6) is 17.2 Å². The minimum Gasteiger partial charge on any atom is -0.490 e. The summed E-state index contributed by atoms with van der Waals surface area (Å²) in [6.07, 6.45) is 5.82. The molecule has 0 atom stereocenters. The van der Waals surface area contributed by atoms with E-state index >= 15 is 0 Å². The molecule has 0 fully saturated rings. The zero-order chi connectivity index (χ0) is 22.5. The third-order valence-electron chi connectivity index (χ3n) is 4.20. The van der Waals surface area contributed by atoms with Crippen molar-refractivity contribution in [2.75, 3.05) is 32.9 Å². The highest BCUT2D eigenvalue weighted by molar-refractivity contribution is 5.97. The Bertz CT molecular complexity index is 903. The lowest BCUT2D eigenvalue weighted by Crippen LogP contribution is -2.37. The van der Waals surface area contributed by atoms with Crippen LogP contribution in [0.4, 0.5) is 0 Å². The minimum atomic E-state index is -0.360. The lowest BCUT2D eigenvalue weighted by Gasteiger charge is -2.12. The highest BCUT2D eigenvalue weighted by Crippen LogP contribution is 2.28. The third-order valence-corrected chi connectivity index (χ3v) is 4.20. The lowest BCUT2D eigenvalue weighted by molar-refractivity contribution is -0.120. The molecule has 0 radical (unpaired) electrons. The fraction of sp³-hybridized carbons (Fsp3) is 0.333. The van der Waals surface area contributed by atoms with Crippen LogP contribution in [0.25, 0.3) is 0 Å². The van der Waals surface area contributed by atoms with E-state index in [-0.39, 0.29) is 25.0 Å². The first-order chi connectivity index (χ1) is 15.1. The summed E-state index contributed by atoms with van der Waals surface area (Å²) in [6, 6.07) is 12.4. The highest BCUT2D eigenvalue weighted by atomic mass is 16.5. The molecule has 7 nitrogen and oxygen atoms in total. The smallest absolute Gasteiger partial charge is 0.251 e. The van der Waals surface area contributed by atoms with Crippen LogP contribution in [0.3, 0.4) is 0 Å². The Morgan fingerprint density at radius 1 is 0.935 bits per heavy atom. The predicted molar refractivity (Wildman–Crippen MR) is 119 cm³/mol. The molecule has 164 valence electrons. The van der Waals surface area contributed by atoms with Crippen molar-refractivity contribution >= 4 is 11.8 Å². The zero-order valence-corrected chi connectivity index (χ0v) is 17.9. The number of amides is 2. The fourth-order valence-corrected chi connectivity index (χ4v) is 2.74. The van der Waals surface area contributed by atoms with Gasteiger partial charge in [-0.2, -0.15) is 0 Å². The molecular weight excluding hydrogens is 396 g/mol. The van der Waals surface area contributed by atoms with Gasteiger partial charge in [-0.25, -0.2) is 0 Å². The topological polar surface area (TPSA) is 85.9 Å². The van der Waals surface area contributed by atoms with Crippen molar-refractivity contribution in [3.05, 3.63) is 53.6 Å². The van der Waals surface area contributed by atoms with Gasteiger partial charge in [0.2, 0.25) is 5.91 Å². The highest BCUT2D eigenvalue weighted by Gasteiger charge is 2.12. The van der Waals surface area contributed by atoms with Crippen LogP contribution in [0.1, 0.15) is 29.8 Å². The van der Waals surface area contributed by atoms with Gasteiger partial charge >= 0.3 is 0 Å². The standard InChI is InChI=1S/C24H28N2O5/c1-4-15-31-20-10-7-18(8-11-20)13-14-25-23(27)17-26-24(28)19-9-12-21(29-5-2)22(16-19)30-6-3/h1,7-12,16H,5-6,13-15,17H2,2-3H3,(H,25,27)(H,26,28). The number of carbonyl (C=O) groups excluding carboxylic acids is 2. The van der Waals surface area contributed by atoms with E-state index in [0.29, 0.717) is 49.0 Å². The molecule has 0 spiro atoms. The van der Waals surface area contributed by atoms with E-state index in [2.05, 4.69) is 16.6 Å². The maximum atomic E-state index is 12.4. The number of benzene rings is 2. The molecule has 0 bridgehead atoms. The first-order valence-corrected chi connectivity index (χ1v) is 10.2. The second-order valence-electron chi connectivity index (χ2n) is 6.45. The van der Waals surface area contributed by atoms with Gasteiger partial charge in [0, 0.05) is 12.1 Å². The Balaban J connectivity index is 1.77.